The molecule has 90 valence electrons. The monoisotopic (exact) mass is 251 g/mol. The van der Waals surface area contributed by atoms with E-state index in [1.54, 1.807) is 38.1 Å². The standard InChI is InChI=1S/C12H13NO3S/c1-7(8(2)14)13-11(15)9-5-3-4-6-10(9)17-12(13)16/h3-8,14H,1-2H3. The molecule has 4 nitrogen and oxygen atoms in total. The lowest BCUT2D eigenvalue weighted by Crippen LogP contribution is -2.37. The van der Waals surface area contributed by atoms with Crippen LogP contribution in [0.15, 0.2) is 33.9 Å². The van der Waals surface area contributed by atoms with Crippen molar-refractivity contribution >= 4 is 21.4 Å². The summed E-state index contributed by atoms with van der Waals surface area (Å²) in [6.45, 7) is 3.23. The largest absolute Gasteiger partial charge is 0.391 e. The first-order valence-electron chi connectivity index (χ1n) is 5.35. The second-order valence-corrected chi connectivity index (χ2v) is 5.01. The van der Waals surface area contributed by atoms with E-state index < -0.39 is 12.1 Å². The Morgan fingerprint density at radius 1 is 1.24 bits per heavy atom. The van der Waals surface area contributed by atoms with Gasteiger partial charge in [-0.1, -0.05) is 23.5 Å². The Hall–Kier alpha value is -1.46. The van der Waals surface area contributed by atoms with Gasteiger partial charge in [-0.25, -0.2) is 0 Å². The normalized spacial score (nSPS) is 14.8. The van der Waals surface area contributed by atoms with Gasteiger partial charge in [0, 0.05) is 4.70 Å². The SMILES string of the molecule is CC(O)C(C)n1c(=O)sc2ccccc2c1=O. The van der Waals surface area contributed by atoms with Gasteiger partial charge in [0.05, 0.1) is 17.5 Å². The molecule has 0 spiro atoms. The van der Waals surface area contributed by atoms with Crippen LogP contribution in [-0.4, -0.2) is 15.8 Å². The van der Waals surface area contributed by atoms with E-state index in [1.807, 2.05) is 0 Å². The first-order chi connectivity index (χ1) is 8.02. The van der Waals surface area contributed by atoms with Gasteiger partial charge in [0.25, 0.3) is 5.56 Å². The number of hydrogen-bond donors (Lipinski definition) is 1. The van der Waals surface area contributed by atoms with E-state index in [4.69, 9.17) is 0 Å². The molecule has 0 fully saturated rings. The lowest BCUT2D eigenvalue weighted by Gasteiger charge is -2.16. The Kier molecular flexibility index (Phi) is 3.13. The third-order valence-electron chi connectivity index (χ3n) is 2.84. The maximum atomic E-state index is 12.2. The van der Waals surface area contributed by atoms with Crippen LogP contribution >= 0.6 is 11.3 Å². The van der Waals surface area contributed by atoms with Gasteiger partial charge in [-0.05, 0) is 26.0 Å². The molecule has 1 N–H and O–H groups in total. The highest BCUT2D eigenvalue weighted by Crippen LogP contribution is 2.13. The highest BCUT2D eigenvalue weighted by molar-refractivity contribution is 7.16. The van der Waals surface area contributed by atoms with E-state index >= 15 is 0 Å². The smallest absolute Gasteiger partial charge is 0.310 e. The maximum absolute atomic E-state index is 12.2. The molecule has 0 aliphatic rings. The molecule has 0 amide bonds. The first kappa shape index (κ1) is 12.0. The number of aromatic nitrogens is 1. The Bertz CT molecular complexity index is 657. The summed E-state index contributed by atoms with van der Waals surface area (Å²) in [5.74, 6) is 0. The van der Waals surface area contributed by atoms with Crippen molar-refractivity contribution in [3.8, 4) is 0 Å². The molecule has 2 aromatic rings. The summed E-state index contributed by atoms with van der Waals surface area (Å²) >= 11 is 1.02. The van der Waals surface area contributed by atoms with Crippen LogP contribution in [0.25, 0.3) is 10.1 Å². The maximum Gasteiger partial charge on any atom is 0.310 e. The lowest BCUT2D eigenvalue weighted by molar-refractivity contribution is 0.136. The zero-order chi connectivity index (χ0) is 12.6. The fraction of sp³-hybridized carbons (Fsp3) is 0.333. The van der Waals surface area contributed by atoms with Crippen LogP contribution in [0.2, 0.25) is 0 Å². The zero-order valence-electron chi connectivity index (χ0n) is 9.58. The summed E-state index contributed by atoms with van der Waals surface area (Å²) in [6.07, 6.45) is -0.742. The van der Waals surface area contributed by atoms with Crippen LogP contribution in [0.1, 0.15) is 19.9 Å². The first-order valence-corrected chi connectivity index (χ1v) is 6.16. The molecular formula is C12H13NO3S. The molecule has 0 aliphatic carbocycles. The number of rotatable bonds is 2. The van der Waals surface area contributed by atoms with Gasteiger partial charge in [-0.3, -0.25) is 14.2 Å². The molecule has 0 aliphatic heterocycles. The average molecular weight is 251 g/mol. The minimum absolute atomic E-state index is 0.331. The highest BCUT2D eigenvalue weighted by atomic mass is 32.1. The van der Waals surface area contributed by atoms with Gasteiger partial charge in [-0.2, -0.15) is 0 Å². The Morgan fingerprint density at radius 3 is 2.53 bits per heavy atom. The van der Waals surface area contributed by atoms with E-state index in [9.17, 15) is 14.7 Å². The Balaban J connectivity index is 2.82. The number of aliphatic hydroxyl groups excluding tert-OH is 1. The number of aliphatic hydroxyl groups is 1. The van der Waals surface area contributed by atoms with Crippen molar-refractivity contribution in [1.82, 2.24) is 4.57 Å². The molecule has 0 saturated heterocycles. The predicted octanol–water partition coefficient (Wildman–Crippen LogP) is 1.36. The molecule has 0 bridgehead atoms. The number of fused-ring (bicyclic) bond motifs is 1. The molecule has 0 radical (unpaired) electrons. The molecule has 1 heterocycles. The summed E-state index contributed by atoms with van der Waals surface area (Å²) in [6, 6.07) is 6.48. The fourth-order valence-corrected chi connectivity index (χ4v) is 2.60. The summed E-state index contributed by atoms with van der Waals surface area (Å²) in [5.41, 5.74) is -0.335. The minimum atomic E-state index is -0.742. The predicted molar refractivity (Wildman–Crippen MR) is 68.7 cm³/mol. The van der Waals surface area contributed by atoms with Crippen LogP contribution in [0.5, 0.6) is 0 Å². The van der Waals surface area contributed by atoms with E-state index in [1.165, 1.54) is 0 Å². The third-order valence-corrected chi connectivity index (χ3v) is 3.78. The van der Waals surface area contributed by atoms with E-state index in [-0.39, 0.29) is 10.4 Å². The molecule has 2 unspecified atom stereocenters. The van der Waals surface area contributed by atoms with Gasteiger partial charge >= 0.3 is 4.87 Å². The molecule has 2 atom stereocenters. The molecular weight excluding hydrogens is 238 g/mol. The third kappa shape index (κ3) is 2.03. The fourth-order valence-electron chi connectivity index (χ4n) is 1.66. The van der Waals surface area contributed by atoms with Crippen molar-refractivity contribution in [1.29, 1.82) is 0 Å². The van der Waals surface area contributed by atoms with Crippen molar-refractivity contribution in [2.45, 2.75) is 26.0 Å². The van der Waals surface area contributed by atoms with Crippen molar-refractivity contribution < 1.29 is 5.11 Å². The summed E-state index contributed by atoms with van der Waals surface area (Å²) in [4.78, 5) is 23.7. The molecule has 0 saturated carbocycles. The second kappa shape index (κ2) is 4.43. The van der Waals surface area contributed by atoms with Gasteiger partial charge in [0.2, 0.25) is 0 Å². The Morgan fingerprint density at radius 2 is 1.88 bits per heavy atom. The quantitative estimate of drug-likeness (QED) is 0.876. The average Bonchev–Trinajstić information content (AvgIpc) is 2.28. The van der Waals surface area contributed by atoms with E-state index in [2.05, 4.69) is 0 Å². The van der Waals surface area contributed by atoms with Crippen molar-refractivity contribution in [2.24, 2.45) is 0 Å². The van der Waals surface area contributed by atoms with Crippen LogP contribution in [0.3, 0.4) is 0 Å². The van der Waals surface area contributed by atoms with E-state index in [0.717, 1.165) is 15.9 Å². The molecule has 5 heteroatoms. The van der Waals surface area contributed by atoms with Crippen molar-refractivity contribution in [2.75, 3.05) is 0 Å². The molecule has 1 aromatic carbocycles. The minimum Gasteiger partial charge on any atom is -0.391 e. The van der Waals surface area contributed by atoms with Crippen LogP contribution in [0, 0.1) is 0 Å². The lowest BCUT2D eigenvalue weighted by atomic mass is 10.2. The summed E-state index contributed by atoms with van der Waals surface area (Å²) < 4.78 is 1.80. The van der Waals surface area contributed by atoms with Gasteiger partial charge in [0.1, 0.15) is 0 Å². The number of benzene rings is 1. The highest BCUT2D eigenvalue weighted by Gasteiger charge is 2.17. The summed E-state index contributed by atoms with van der Waals surface area (Å²) in [5, 5.41) is 10.0. The second-order valence-electron chi connectivity index (χ2n) is 4.02. The zero-order valence-corrected chi connectivity index (χ0v) is 10.4. The summed E-state index contributed by atoms with van der Waals surface area (Å²) in [7, 11) is 0. The van der Waals surface area contributed by atoms with Crippen LogP contribution < -0.4 is 10.4 Å². The van der Waals surface area contributed by atoms with Gasteiger partial charge in [-0.15, -0.1) is 0 Å². The Labute approximate surface area is 102 Å². The van der Waals surface area contributed by atoms with Crippen molar-refractivity contribution in [3.63, 3.8) is 0 Å². The molecule has 2 rings (SSSR count). The molecule has 17 heavy (non-hydrogen) atoms. The number of nitrogens with zero attached hydrogens (tertiary/aromatic N) is 1. The van der Waals surface area contributed by atoms with E-state index in [0.29, 0.717) is 10.1 Å². The number of hydrogen-bond acceptors (Lipinski definition) is 4. The topological polar surface area (TPSA) is 59.3 Å². The van der Waals surface area contributed by atoms with Crippen molar-refractivity contribution in [3.05, 3.63) is 44.3 Å². The van der Waals surface area contributed by atoms with Gasteiger partial charge in [0.15, 0.2) is 0 Å². The van der Waals surface area contributed by atoms with Crippen LogP contribution in [0.4, 0.5) is 0 Å². The van der Waals surface area contributed by atoms with Gasteiger partial charge < -0.3 is 5.11 Å². The van der Waals surface area contributed by atoms with Crippen LogP contribution in [-0.2, 0) is 0 Å². The molecule has 1 aromatic heterocycles.